The quantitative estimate of drug-likeness (QED) is 0.0967. The number of carboxylic acid groups (broad SMARTS) is 1. The summed E-state index contributed by atoms with van der Waals surface area (Å²) in [4.78, 5) is 43.9. The van der Waals surface area contributed by atoms with Crippen LogP contribution in [0.1, 0.15) is 44.7 Å². The monoisotopic (exact) mass is 872 g/mol. The van der Waals surface area contributed by atoms with E-state index in [2.05, 4.69) is 45.7 Å². The normalized spacial score (nSPS) is 17.1. The van der Waals surface area contributed by atoms with Crippen LogP contribution in [-0.2, 0) is 28.1 Å². The van der Waals surface area contributed by atoms with Gasteiger partial charge < -0.3 is 39.6 Å². The first-order valence-electron chi connectivity index (χ1n) is 18.1. The van der Waals surface area contributed by atoms with Gasteiger partial charge in [-0.2, -0.15) is 0 Å². The molecule has 0 spiro atoms. The van der Waals surface area contributed by atoms with E-state index >= 15 is 8.78 Å². The molecule has 1 aromatic carbocycles. The van der Waals surface area contributed by atoms with Gasteiger partial charge in [0.05, 0.1) is 31.4 Å². The van der Waals surface area contributed by atoms with E-state index in [1.807, 2.05) is 0 Å². The highest BCUT2D eigenvalue weighted by Crippen LogP contribution is 2.45. The minimum atomic E-state index is -3.32. The second-order valence-corrected chi connectivity index (χ2v) is 15.3. The standard InChI is InChI=1S/C28H37F2N8O7PS.C6H4ClF.C3H8/c1-5-38(25-18(4)23(31)34-15-35-25)10-17(3)43-16-46(44-13-22(39)40)45-21-12-37(14-28(21,29)30)11-20-19(27(41)42-6-2)9-33-24(36-20)26-32-7-8-47-26;7-5-2-1-3-6(8)4-5;1-3-2/h5,7-8,15,17,21H,1,6,9-14,16H2,2-4H3,(H,33,36)(H,39,40)(H2,31,34,35);1-4H;3H2,1-2H3/t17-,21?,46?;;/m1../s1. The van der Waals surface area contributed by atoms with Crippen LogP contribution in [0.5, 0.6) is 0 Å². The van der Waals surface area contributed by atoms with E-state index in [4.69, 9.17) is 35.9 Å². The largest absolute Gasteiger partial charge is 0.480 e. The van der Waals surface area contributed by atoms with Crippen LogP contribution >= 0.6 is 31.3 Å². The number of rotatable bonds is 17. The number of likely N-dealkylation sites (tertiary alicyclic amines) is 1. The van der Waals surface area contributed by atoms with Crippen LogP contribution in [-0.4, -0.2) is 113 Å². The molecule has 1 saturated heterocycles. The highest BCUT2D eigenvalue weighted by Gasteiger charge is 2.50. The smallest absolute Gasteiger partial charge is 0.337 e. The number of benzene rings is 1. The van der Waals surface area contributed by atoms with Crippen molar-refractivity contribution in [3.8, 4) is 0 Å². The molecular formula is C37H49ClF3N8O7PS. The number of nitrogens with one attached hydrogen (secondary N) is 1. The molecule has 21 heteroatoms. The van der Waals surface area contributed by atoms with E-state index in [1.54, 1.807) is 49.4 Å². The van der Waals surface area contributed by atoms with Crippen LogP contribution < -0.4 is 16.0 Å². The zero-order valence-electron chi connectivity index (χ0n) is 32.9. The van der Waals surface area contributed by atoms with Crippen molar-refractivity contribution in [1.29, 1.82) is 0 Å². The Morgan fingerprint density at radius 3 is 2.62 bits per heavy atom. The van der Waals surface area contributed by atoms with E-state index < -0.39 is 51.6 Å². The SMILES string of the molecule is C=CN(C[C@@H](C)OCP(OCC(=O)O)OC1CN(CC2=C(C(=O)OCC)CN=C(c3nccs3)N2)CC1(F)F)c1ncnc(N)c1C.CCC.Fc1cccc(Cl)c1. The van der Waals surface area contributed by atoms with Gasteiger partial charge in [-0.25, -0.2) is 37.7 Å². The molecule has 0 saturated carbocycles. The number of thiazole rings is 1. The molecule has 2 aliphatic rings. The number of amidine groups is 1. The number of nitrogens with two attached hydrogens (primary N) is 1. The lowest BCUT2D eigenvalue weighted by Crippen LogP contribution is -2.38. The van der Waals surface area contributed by atoms with E-state index in [1.165, 1.54) is 47.3 Å². The maximum absolute atomic E-state index is 15.4. The summed E-state index contributed by atoms with van der Waals surface area (Å²) >= 11 is 6.74. The maximum atomic E-state index is 15.4. The first-order chi connectivity index (χ1) is 27.6. The molecule has 2 aromatic heterocycles. The molecule has 5 rings (SSSR count). The molecule has 2 aliphatic heterocycles. The minimum Gasteiger partial charge on any atom is -0.480 e. The number of anilines is 2. The lowest BCUT2D eigenvalue weighted by atomic mass is 10.1. The van der Waals surface area contributed by atoms with Crippen molar-refractivity contribution in [2.75, 3.05) is 62.9 Å². The Morgan fingerprint density at radius 1 is 1.28 bits per heavy atom. The average Bonchev–Trinajstić information content (AvgIpc) is 3.81. The van der Waals surface area contributed by atoms with Crippen molar-refractivity contribution in [3.05, 3.63) is 87.6 Å². The highest BCUT2D eigenvalue weighted by atomic mass is 35.5. The van der Waals surface area contributed by atoms with Crippen LogP contribution in [0, 0.1) is 12.7 Å². The van der Waals surface area contributed by atoms with Crippen molar-refractivity contribution in [2.45, 2.75) is 59.2 Å². The number of carbonyl (C=O) groups is 2. The first kappa shape index (κ1) is 48.1. The fourth-order valence-corrected chi connectivity index (χ4v) is 7.24. The molecule has 0 aliphatic carbocycles. The molecule has 15 nitrogen and oxygen atoms in total. The molecule has 4 N–H and O–H groups in total. The molecule has 0 radical (unpaired) electrons. The van der Waals surface area contributed by atoms with Crippen molar-refractivity contribution in [2.24, 2.45) is 4.99 Å². The second-order valence-electron chi connectivity index (χ2n) is 12.6. The third kappa shape index (κ3) is 15.2. The van der Waals surface area contributed by atoms with Gasteiger partial charge in [-0.1, -0.05) is 44.5 Å². The lowest BCUT2D eigenvalue weighted by Gasteiger charge is -2.27. The van der Waals surface area contributed by atoms with E-state index in [-0.39, 0.29) is 50.5 Å². The van der Waals surface area contributed by atoms with Crippen LogP contribution in [0.3, 0.4) is 0 Å². The third-order valence-electron chi connectivity index (χ3n) is 7.77. The Hall–Kier alpha value is -4.23. The molecule has 4 heterocycles. The van der Waals surface area contributed by atoms with Gasteiger partial charge in [0.1, 0.15) is 36.2 Å². The van der Waals surface area contributed by atoms with Crippen LogP contribution in [0.15, 0.2) is 71.2 Å². The average molecular weight is 873 g/mol. The zero-order chi connectivity index (χ0) is 42.8. The first-order valence-corrected chi connectivity index (χ1v) is 20.7. The Morgan fingerprint density at radius 2 is 2.02 bits per heavy atom. The van der Waals surface area contributed by atoms with Gasteiger partial charge >= 0.3 is 11.9 Å². The van der Waals surface area contributed by atoms with Gasteiger partial charge in [0.15, 0.2) is 25.8 Å². The molecule has 1 fully saturated rings. The molecule has 318 valence electrons. The summed E-state index contributed by atoms with van der Waals surface area (Å²) in [5, 5.41) is 15.0. The minimum absolute atomic E-state index is 0.00243. The number of ether oxygens (including phenoxy) is 2. The fraction of sp³-hybridized carbons (Fsp3) is 0.459. The molecule has 3 atom stereocenters. The maximum Gasteiger partial charge on any atom is 0.337 e. The fourth-order valence-electron chi connectivity index (χ4n) is 5.14. The number of carboxylic acids is 1. The van der Waals surface area contributed by atoms with Gasteiger partial charge in [0, 0.05) is 47.5 Å². The summed E-state index contributed by atoms with van der Waals surface area (Å²) in [6, 6.07) is 5.82. The molecule has 58 heavy (non-hydrogen) atoms. The number of halogens is 4. The molecule has 3 aromatic rings. The zero-order valence-corrected chi connectivity index (χ0v) is 35.3. The number of alkyl halides is 2. The summed E-state index contributed by atoms with van der Waals surface area (Å²) < 4.78 is 64.9. The highest BCUT2D eigenvalue weighted by molar-refractivity contribution is 7.47. The number of nitrogens with zero attached hydrogens (tertiary/aromatic N) is 6. The van der Waals surface area contributed by atoms with E-state index in [0.717, 1.165) is 0 Å². The van der Waals surface area contributed by atoms with Gasteiger partial charge in [-0.15, -0.1) is 11.3 Å². The number of carbonyl (C=O) groups excluding carboxylic acids is 1. The Kier molecular flexibility index (Phi) is 19.9. The number of aromatic nitrogens is 3. The van der Waals surface area contributed by atoms with Crippen LogP contribution in [0.25, 0.3) is 0 Å². The predicted octanol–water partition coefficient (Wildman–Crippen LogP) is 6.65. The number of hydrogen-bond donors (Lipinski definition) is 3. The van der Waals surface area contributed by atoms with E-state index in [9.17, 15) is 19.1 Å². The Balaban J connectivity index is 0.000000711. The number of nitrogen functional groups attached to an aromatic ring is 1. The molecule has 0 bridgehead atoms. The topological polar surface area (TPSA) is 187 Å². The van der Waals surface area contributed by atoms with Crippen LogP contribution in [0.4, 0.5) is 24.8 Å². The molecular weight excluding hydrogens is 824 g/mol. The van der Waals surface area contributed by atoms with Crippen molar-refractivity contribution < 1.29 is 46.4 Å². The van der Waals surface area contributed by atoms with Crippen molar-refractivity contribution in [3.63, 3.8) is 0 Å². The summed E-state index contributed by atoms with van der Waals surface area (Å²) in [6.45, 7) is 11.9. The lowest BCUT2D eigenvalue weighted by molar-refractivity contribution is -0.140. The summed E-state index contributed by atoms with van der Waals surface area (Å²) in [7, 11) is -2.21. The number of aliphatic carboxylic acids is 1. The second kappa shape index (κ2) is 24.0. The van der Waals surface area contributed by atoms with Gasteiger partial charge in [-0.3, -0.25) is 9.89 Å². The number of aliphatic imine (C=N–C) groups is 1. The van der Waals surface area contributed by atoms with Crippen molar-refractivity contribution in [1.82, 2.24) is 25.2 Å². The van der Waals surface area contributed by atoms with E-state index in [0.29, 0.717) is 38.8 Å². The van der Waals surface area contributed by atoms with Gasteiger partial charge in [0.25, 0.3) is 5.92 Å². The summed E-state index contributed by atoms with van der Waals surface area (Å²) in [5.41, 5.74) is 7.14. The predicted molar refractivity (Wildman–Crippen MR) is 219 cm³/mol. The van der Waals surface area contributed by atoms with Crippen molar-refractivity contribution >= 4 is 60.7 Å². The molecule has 2 unspecified atom stereocenters. The number of esters is 1. The number of hydrogen-bond acceptors (Lipinski definition) is 15. The third-order valence-corrected chi connectivity index (χ3v) is 10.0. The Labute approximate surface area is 346 Å². The summed E-state index contributed by atoms with van der Waals surface area (Å²) in [6.07, 6.45) is 3.30. The molecule has 0 amide bonds. The summed E-state index contributed by atoms with van der Waals surface area (Å²) in [5.74, 6) is -4.25. The Bertz CT molecular complexity index is 1850. The van der Waals surface area contributed by atoms with Crippen LogP contribution in [0.2, 0.25) is 5.02 Å². The van der Waals surface area contributed by atoms with Gasteiger partial charge in [0.2, 0.25) is 0 Å². The van der Waals surface area contributed by atoms with Gasteiger partial charge in [-0.05, 0) is 45.2 Å².